The van der Waals surface area contributed by atoms with Crippen molar-refractivity contribution in [2.75, 3.05) is 0 Å². The second-order valence-corrected chi connectivity index (χ2v) is 10.8. The van der Waals surface area contributed by atoms with Gasteiger partial charge in [-0.3, -0.25) is 0 Å². The van der Waals surface area contributed by atoms with E-state index in [1.54, 1.807) is 12.1 Å². The van der Waals surface area contributed by atoms with Gasteiger partial charge in [0.15, 0.2) is 11.6 Å². The minimum atomic E-state index is -4.77. The lowest BCUT2D eigenvalue weighted by atomic mass is 9.95. The van der Waals surface area contributed by atoms with Crippen LogP contribution in [-0.4, -0.2) is 0 Å². The third kappa shape index (κ3) is 7.13. The predicted octanol–water partition coefficient (Wildman–Crippen LogP) is 11.7. The molecule has 5 aromatic carbocycles. The average molecular weight is 663 g/mol. The summed E-state index contributed by atoms with van der Waals surface area (Å²) in [6.45, 7) is 2.09. The number of hydrogen-bond acceptors (Lipinski definition) is 1. The maximum Gasteiger partial charge on any atom is 0.432 e. The number of benzene rings is 5. The molecule has 244 valence electrons. The van der Waals surface area contributed by atoms with Crippen molar-refractivity contribution in [1.82, 2.24) is 0 Å². The van der Waals surface area contributed by atoms with E-state index in [9.17, 15) is 26.3 Å². The molecule has 47 heavy (non-hydrogen) atoms. The number of unbranched alkanes of at least 4 members (excludes halogenated alkanes) is 2. The van der Waals surface area contributed by atoms with Crippen LogP contribution < -0.4 is 4.74 Å². The first kappa shape index (κ1) is 33.6. The van der Waals surface area contributed by atoms with Gasteiger partial charge in [-0.25, -0.2) is 35.1 Å². The van der Waals surface area contributed by atoms with Crippen LogP contribution in [0.25, 0.3) is 33.4 Å². The Morgan fingerprint density at radius 3 is 1.47 bits per heavy atom. The minimum absolute atomic E-state index is 0.179. The Kier molecular flexibility index (Phi) is 9.65. The van der Waals surface area contributed by atoms with E-state index in [1.807, 2.05) is 12.1 Å². The highest BCUT2D eigenvalue weighted by Gasteiger charge is 2.41. The van der Waals surface area contributed by atoms with Crippen LogP contribution in [0.4, 0.5) is 43.9 Å². The monoisotopic (exact) mass is 662 g/mol. The van der Waals surface area contributed by atoms with Gasteiger partial charge >= 0.3 is 6.11 Å². The van der Waals surface area contributed by atoms with Crippen LogP contribution in [0.15, 0.2) is 78.9 Å². The molecule has 0 N–H and O–H groups in total. The Hall–Kier alpha value is -4.80. The fourth-order valence-corrected chi connectivity index (χ4v) is 5.19. The Bertz CT molecular complexity index is 1870. The second-order valence-electron chi connectivity index (χ2n) is 10.8. The van der Waals surface area contributed by atoms with Gasteiger partial charge in [-0.1, -0.05) is 44.0 Å². The number of hydrogen-bond donors (Lipinski definition) is 0. The maximum atomic E-state index is 15.2. The van der Waals surface area contributed by atoms with Crippen molar-refractivity contribution in [1.29, 1.82) is 0 Å². The van der Waals surface area contributed by atoms with Gasteiger partial charge in [0.05, 0.1) is 11.1 Å². The first-order valence-electron chi connectivity index (χ1n) is 14.4. The highest BCUT2D eigenvalue weighted by Crippen LogP contribution is 2.40. The molecule has 0 fully saturated rings. The van der Waals surface area contributed by atoms with E-state index in [0.29, 0.717) is 29.8 Å². The van der Waals surface area contributed by atoms with Crippen molar-refractivity contribution in [3.8, 4) is 39.1 Å². The summed E-state index contributed by atoms with van der Waals surface area (Å²) in [5.74, 6) is -13.2. The van der Waals surface area contributed by atoms with Gasteiger partial charge in [-0.05, 0) is 89.2 Å². The van der Waals surface area contributed by atoms with Gasteiger partial charge in [-0.2, -0.15) is 8.78 Å². The first-order chi connectivity index (χ1) is 22.3. The molecule has 0 saturated heterocycles. The van der Waals surface area contributed by atoms with Crippen molar-refractivity contribution in [2.45, 2.75) is 38.7 Å². The average Bonchev–Trinajstić information content (AvgIpc) is 2.98. The molecule has 0 bridgehead atoms. The van der Waals surface area contributed by atoms with Gasteiger partial charge in [0.2, 0.25) is 0 Å². The third-order valence-electron chi connectivity index (χ3n) is 7.49. The SMILES string of the molecule is CCCCCc1ccc(-c2cc(F)c(-c3cc(F)c(-c4cc(F)c(C(F)(F)Oc5ccc(F)c(F)c5)c(F)c4)c(F)c3)c(F)c2)cc1. The molecule has 0 unspecified atom stereocenters. The smallest absolute Gasteiger partial charge is 0.429 e. The molecule has 0 atom stereocenters. The quantitative estimate of drug-likeness (QED) is 0.107. The van der Waals surface area contributed by atoms with Crippen LogP contribution in [0, 0.1) is 46.5 Å². The van der Waals surface area contributed by atoms with E-state index in [1.165, 1.54) is 0 Å². The molecule has 0 aliphatic heterocycles. The summed E-state index contributed by atoms with van der Waals surface area (Å²) in [7, 11) is 0. The molecule has 0 heterocycles. The third-order valence-corrected chi connectivity index (χ3v) is 7.49. The number of aryl methyl sites for hydroxylation is 1. The molecule has 0 saturated carbocycles. The van der Waals surface area contributed by atoms with Gasteiger partial charge in [-0.15, -0.1) is 0 Å². The summed E-state index contributed by atoms with van der Waals surface area (Å²) in [5, 5.41) is 0. The highest BCUT2D eigenvalue weighted by atomic mass is 19.3. The lowest BCUT2D eigenvalue weighted by Crippen LogP contribution is -2.25. The van der Waals surface area contributed by atoms with Gasteiger partial charge in [0.1, 0.15) is 46.2 Å². The van der Waals surface area contributed by atoms with Crippen molar-refractivity contribution in [3.05, 3.63) is 137 Å². The first-order valence-corrected chi connectivity index (χ1v) is 14.4. The van der Waals surface area contributed by atoms with Crippen LogP contribution in [0.3, 0.4) is 0 Å². The number of halogens is 10. The van der Waals surface area contributed by atoms with Crippen LogP contribution in [0.1, 0.15) is 37.3 Å². The Balaban J connectivity index is 1.44. The molecular formula is C36H24F10O. The maximum absolute atomic E-state index is 15.2. The number of alkyl halides is 2. The normalized spacial score (nSPS) is 11.6. The zero-order chi connectivity index (χ0) is 34.0. The van der Waals surface area contributed by atoms with E-state index in [2.05, 4.69) is 11.7 Å². The number of ether oxygens (including phenoxy) is 1. The van der Waals surface area contributed by atoms with E-state index < -0.39 is 86.2 Å². The summed E-state index contributed by atoms with van der Waals surface area (Å²) in [6.07, 6.45) is -0.780. The molecule has 0 spiro atoms. The lowest BCUT2D eigenvalue weighted by molar-refractivity contribution is -0.189. The highest BCUT2D eigenvalue weighted by molar-refractivity contribution is 5.75. The molecule has 0 aliphatic carbocycles. The van der Waals surface area contributed by atoms with Crippen LogP contribution in [-0.2, 0) is 12.5 Å². The van der Waals surface area contributed by atoms with Gasteiger partial charge in [0, 0.05) is 6.07 Å². The van der Waals surface area contributed by atoms with E-state index in [0.717, 1.165) is 43.4 Å². The zero-order valence-electron chi connectivity index (χ0n) is 24.5. The van der Waals surface area contributed by atoms with Crippen LogP contribution >= 0.6 is 0 Å². The van der Waals surface area contributed by atoms with E-state index in [4.69, 9.17) is 0 Å². The summed E-state index contributed by atoms with van der Waals surface area (Å²) in [4.78, 5) is 0. The molecular weight excluding hydrogens is 638 g/mol. The minimum Gasteiger partial charge on any atom is -0.429 e. The Morgan fingerprint density at radius 1 is 0.489 bits per heavy atom. The molecule has 11 heteroatoms. The topological polar surface area (TPSA) is 9.23 Å². The van der Waals surface area contributed by atoms with Gasteiger partial charge in [0.25, 0.3) is 0 Å². The molecule has 0 aliphatic rings. The van der Waals surface area contributed by atoms with Crippen molar-refractivity contribution in [2.24, 2.45) is 0 Å². The van der Waals surface area contributed by atoms with E-state index >= 15 is 17.6 Å². The van der Waals surface area contributed by atoms with Crippen molar-refractivity contribution in [3.63, 3.8) is 0 Å². The predicted molar refractivity (Wildman–Crippen MR) is 157 cm³/mol. The van der Waals surface area contributed by atoms with Crippen LogP contribution in [0.5, 0.6) is 5.75 Å². The molecule has 0 radical (unpaired) electrons. The fourth-order valence-electron chi connectivity index (χ4n) is 5.19. The largest absolute Gasteiger partial charge is 0.432 e. The summed E-state index contributed by atoms with van der Waals surface area (Å²) >= 11 is 0. The van der Waals surface area contributed by atoms with Crippen molar-refractivity contribution < 1.29 is 48.6 Å². The summed E-state index contributed by atoms with van der Waals surface area (Å²) < 4.78 is 151. The summed E-state index contributed by atoms with van der Waals surface area (Å²) in [5.41, 5.74) is -3.49. The molecule has 5 aromatic rings. The van der Waals surface area contributed by atoms with Crippen molar-refractivity contribution >= 4 is 0 Å². The molecule has 1 nitrogen and oxygen atoms in total. The summed E-state index contributed by atoms with van der Waals surface area (Å²) in [6, 6.07) is 11.8. The molecule has 0 amide bonds. The molecule has 0 aromatic heterocycles. The van der Waals surface area contributed by atoms with Gasteiger partial charge < -0.3 is 4.74 Å². The standard InChI is InChI=1S/C36H24F10O/c1-2-3-4-5-19-6-8-20(9-7-19)21-12-27(39)33(28(40)13-21)22-14-29(41)34(30(42)15-22)23-16-31(43)35(32(44)17-23)36(45,46)47-24-10-11-25(37)26(38)18-24/h6-18H,2-5H2,1H3. The molecule has 5 rings (SSSR count). The fraction of sp³-hybridized carbons (Fsp3) is 0.167. The Morgan fingerprint density at radius 2 is 0.979 bits per heavy atom. The lowest BCUT2D eigenvalue weighted by Gasteiger charge is -2.20. The Labute approximate surface area is 263 Å². The van der Waals surface area contributed by atoms with E-state index in [-0.39, 0.29) is 23.8 Å². The second kappa shape index (κ2) is 13.5. The number of rotatable bonds is 10. The van der Waals surface area contributed by atoms with Crippen LogP contribution in [0.2, 0.25) is 0 Å². The zero-order valence-corrected chi connectivity index (χ0v) is 24.5.